The second-order valence-electron chi connectivity index (χ2n) is 11.1. The molecule has 1 aliphatic rings. The van der Waals surface area contributed by atoms with Crippen LogP contribution >= 0.6 is 34.7 Å². The largest absolute Gasteiger partial charge is 0.507 e. The summed E-state index contributed by atoms with van der Waals surface area (Å²) in [5.74, 6) is -0.584. The molecule has 222 valence electrons. The Morgan fingerprint density at radius 3 is 2.37 bits per heavy atom. The first-order valence-corrected chi connectivity index (χ1v) is 16.1. The quantitative estimate of drug-likeness (QED) is 0.0653. The number of hydrogen-bond donors (Lipinski definition) is 1. The fraction of sp³-hybridized carbons (Fsp3) is 0.273. The van der Waals surface area contributed by atoms with E-state index in [1.54, 1.807) is 24.3 Å². The van der Waals surface area contributed by atoms with Crippen LogP contribution in [0.4, 0.5) is 5.13 Å². The van der Waals surface area contributed by atoms with Crippen molar-refractivity contribution in [3.63, 3.8) is 0 Å². The normalized spacial score (nSPS) is 16.6. The molecule has 43 heavy (non-hydrogen) atoms. The molecule has 0 aliphatic carbocycles. The van der Waals surface area contributed by atoms with Crippen molar-refractivity contribution < 1.29 is 19.4 Å². The predicted octanol–water partition coefficient (Wildman–Crippen LogP) is 8.20. The Balaban J connectivity index is 1.53. The van der Waals surface area contributed by atoms with E-state index < -0.39 is 17.7 Å². The lowest BCUT2D eigenvalue weighted by Crippen LogP contribution is -2.29. The summed E-state index contributed by atoms with van der Waals surface area (Å²) in [5, 5.41) is 21.0. The lowest BCUT2D eigenvalue weighted by Gasteiger charge is -2.24. The number of halogens is 1. The number of anilines is 1. The van der Waals surface area contributed by atoms with Crippen molar-refractivity contribution in [2.45, 2.75) is 55.7 Å². The Hall–Kier alpha value is -3.66. The van der Waals surface area contributed by atoms with E-state index in [0.29, 0.717) is 38.6 Å². The van der Waals surface area contributed by atoms with Crippen molar-refractivity contribution in [3.8, 4) is 5.75 Å². The van der Waals surface area contributed by atoms with Gasteiger partial charge in [-0.1, -0.05) is 105 Å². The maximum absolute atomic E-state index is 13.6. The zero-order valence-electron chi connectivity index (χ0n) is 24.3. The molecule has 1 amide bonds. The van der Waals surface area contributed by atoms with Gasteiger partial charge in [-0.3, -0.25) is 14.5 Å². The van der Waals surface area contributed by atoms with Gasteiger partial charge in [0.15, 0.2) is 4.34 Å². The van der Waals surface area contributed by atoms with Crippen LogP contribution in [0.5, 0.6) is 5.75 Å². The minimum atomic E-state index is -0.889. The van der Waals surface area contributed by atoms with Gasteiger partial charge < -0.3 is 9.84 Å². The van der Waals surface area contributed by atoms with Gasteiger partial charge in [-0.05, 0) is 58.9 Å². The number of hydrogen-bond acceptors (Lipinski definition) is 8. The summed E-state index contributed by atoms with van der Waals surface area (Å²) in [6, 6.07) is 21.3. The van der Waals surface area contributed by atoms with Crippen LogP contribution in [0.1, 0.15) is 62.4 Å². The van der Waals surface area contributed by atoms with Crippen LogP contribution in [0.25, 0.3) is 5.76 Å². The number of aliphatic hydroxyl groups is 1. The summed E-state index contributed by atoms with van der Waals surface area (Å²) in [7, 11) is 0. The van der Waals surface area contributed by atoms with Crippen LogP contribution in [0.2, 0.25) is 5.02 Å². The Bertz CT molecular complexity index is 1660. The molecule has 0 bridgehead atoms. The van der Waals surface area contributed by atoms with Crippen molar-refractivity contribution in [1.82, 2.24) is 10.2 Å². The number of ether oxygens (including phenoxy) is 1. The highest BCUT2D eigenvalue weighted by Crippen LogP contribution is 2.44. The van der Waals surface area contributed by atoms with Crippen LogP contribution in [0, 0.1) is 0 Å². The number of thioether (sulfide) groups is 1. The summed E-state index contributed by atoms with van der Waals surface area (Å²) < 4.78 is 6.29. The van der Waals surface area contributed by atoms with Gasteiger partial charge in [-0.15, -0.1) is 10.2 Å². The molecule has 1 saturated heterocycles. The van der Waals surface area contributed by atoms with E-state index in [0.717, 1.165) is 17.5 Å². The van der Waals surface area contributed by atoms with Crippen LogP contribution < -0.4 is 9.64 Å². The van der Waals surface area contributed by atoms with Gasteiger partial charge in [0.05, 0.1) is 18.2 Å². The van der Waals surface area contributed by atoms with Gasteiger partial charge in [0.2, 0.25) is 5.13 Å². The zero-order chi connectivity index (χ0) is 30.7. The smallest absolute Gasteiger partial charge is 0.301 e. The third-order valence-electron chi connectivity index (χ3n) is 7.05. The highest BCUT2D eigenvalue weighted by Gasteiger charge is 2.48. The van der Waals surface area contributed by atoms with Gasteiger partial charge >= 0.3 is 5.91 Å². The molecule has 1 unspecified atom stereocenters. The van der Waals surface area contributed by atoms with Gasteiger partial charge in [0, 0.05) is 16.3 Å². The van der Waals surface area contributed by atoms with E-state index in [9.17, 15) is 14.7 Å². The first-order chi connectivity index (χ1) is 20.6. The lowest BCUT2D eigenvalue weighted by atomic mass is 9.85. The Kier molecular flexibility index (Phi) is 9.25. The number of aliphatic hydroxyl groups excluding tert-OH is 1. The summed E-state index contributed by atoms with van der Waals surface area (Å²) in [4.78, 5) is 28.5. The molecule has 4 aromatic rings. The van der Waals surface area contributed by atoms with E-state index in [-0.39, 0.29) is 21.9 Å². The van der Waals surface area contributed by atoms with Crippen LogP contribution in [0.15, 0.2) is 82.7 Å². The SMILES string of the molecule is CCCOc1ccc(/C(O)=C2/C(=O)C(=O)N(c3nnc(SCc4ccccc4Cl)s3)C2c2ccc(C(C)(C)C)cc2)cc1. The van der Waals surface area contributed by atoms with Gasteiger partial charge in [0.1, 0.15) is 11.5 Å². The number of aromatic nitrogens is 2. The number of carbonyl (C=O) groups is 2. The maximum Gasteiger partial charge on any atom is 0.301 e. The molecule has 5 rings (SSSR count). The number of ketones is 1. The fourth-order valence-electron chi connectivity index (χ4n) is 4.71. The minimum absolute atomic E-state index is 0.00351. The van der Waals surface area contributed by atoms with Crippen molar-refractivity contribution in [2.75, 3.05) is 11.5 Å². The topological polar surface area (TPSA) is 92.6 Å². The van der Waals surface area contributed by atoms with E-state index in [1.807, 2.05) is 55.5 Å². The third kappa shape index (κ3) is 6.64. The molecule has 0 saturated carbocycles. The van der Waals surface area contributed by atoms with Crippen LogP contribution in [-0.4, -0.2) is 33.6 Å². The molecule has 1 N–H and O–H groups in total. The number of nitrogens with zero attached hydrogens (tertiary/aromatic N) is 3. The maximum atomic E-state index is 13.6. The number of carbonyl (C=O) groups excluding carboxylic acids is 2. The number of rotatable bonds is 9. The molecule has 10 heteroatoms. The van der Waals surface area contributed by atoms with Crippen molar-refractivity contribution in [1.29, 1.82) is 0 Å². The lowest BCUT2D eigenvalue weighted by molar-refractivity contribution is -0.132. The number of benzene rings is 3. The molecule has 3 aromatic carbocycles. The molecule has 1 atom stereocenters. The predicted molar refractivity (Wildman–Crippen MR) is 173 cm³/mol. The first kappa shape index (κ1) is 30.8. The Labute approximate surface area is 264 Å². The molecule has 1 aliphatic heterocycles. The van der Waals surface area contributed by atoms with Crippen LogP contribution in [-0.2, 0) is 20.8 Å². The molecular weight excluding hydrogens is 602 g/mol. The fourth-order valence-corrected chi connectivity index (χ4v) is 6.86. The molecule has 0 spiro atoms. The third-order valence-corrected chi connectivity index (χ3v) is 9.52. The zero-order valence-corrected chi connectivity index (χ0v) is 26.7. The highest BCUT2D eigenvalue weighted by atomic mass is 35.5. The van der Waals surface area contributed by atoms with Crippen molar-refractivity contribution in [3.05, 3.63) is 106 Å². The van der Waals surface area contributed by atoms with E-state index in [1.165, 1.54) is 28.0 Å². The summed E-state index contributed by atoms with van der Waals surface area (Å²) in [5.41, 5.74) is 3.05. The summed E-state index contributed by atoms with van der Waals surface area (Å²) in [6.07, 6.45) is 0.866. The van der Waals surface area contributed by atoms with Crippen molar-refractivity contribution >= 4 is 57.3 Å². The van der Waals surface area contributed by atoms with Crippen molar-refractivity contribution in [2.24, 2.45) is 0 Å². The van der Waals surface area contributed by atoms with Gasteiger partial charge in [-0.25, -0.2) is 0 Å². The molecule has 1 fully saturated rings. The number of Topliss-reactive ketones (excluding diaryl/α,β-unsaturated/α-hetero) is 1. The molecule has 7 nitrogen and oxygen atoms in total. The highest BCUT2D eigenvalue weighted by molar-refractivity contribution is 8.00. The monoisotopic (exact) mass is 633 g/mol. The second-order valence-corrected chi connectivity index (χ2v) is 13.7. The molecule has 1 aromatic heterocycles. The standard InChI is InChI=1S/C33H32ClN3O4S2/c1-5-18-41-24-16-12-21(13-17-24)28(38)26-27(20-10-14-23(15-11-20)33(2,3)4)37(30(40)29(26)39)31-35-36-32(43-31)42-19-22-8-6-7-9-25(22)34/h6-17,27,38H,5,18-19H2,1-4H3/b28-26-. The average Bonchev–Trinajstić information content (AvgIpc) is 3.57. The summed E-state index contributed by atoms with van der Waals surface area (Å²) in [6.45, 7) is 8.94. The second kappa shape index (κ2) is 12.9. The van der Waals surface area contributed by atoms with E-state index in [2.05, 4.69) is 31.0 Å². The van der Waals surface area contributed by atoms with E-state index in [4.69, 9.17) is 16.3 Å². The van der Waals surface area contributed by atoms with E-state index >= 15 is 0 Å². The minimum Gasteiger partial charge on any atom is -0.507 e. The molecule has 2 heterocycles. The molecule has 0 radical (unpaired) electrons. The average molecular weight is 634 g/mol. The summed E-state index contributed by atoms with van der Waals surface area (Å²) >= 11 is 8.98. The Morgan fingerprint density at radius 1 is 1.02 bits per heavy atom. The van der Waals surface area contributed by atoms with Crippen LogP contribution in [0.3, 0.4) is 0 Å². The first-order valence-electron chi connectivity index (χ1n) is 13.9. The molecular formula is C33H32ClN3O4S2. The Morgan fingerprint density at radius 2 is 1.72 bits per heavy atom. The van der Waals surface area contributed by atoms with Gasteiger partial charge in [-0.2, -0.15) is 0 Å². The number of amides is 1. The van der Waals surface area contributed by atoms with Gasteiger partial charge in [0.25, 0.3) is 5.78 Å².